The second-order valence-electron chi connectivity index (χ2n) is 7.58. The molecule has 0 unspecified atom stereocenters. The first-order valence-electron chi connectivity index (χ1n) is 8.90. The number of aliphatic hydroxyl groups is 1. The van der Waals surface area contributed by atoms with Gasteiger partial charge in [0.1, 0.15) is 0 Å². The van der Waals surface area contributed by atoms with Gasteiger partial charge < -0.3 is 5.11 Å². The molecule has 0 aromatic heterocycles. The highest BCUT2D eigenvalue weighted by molar-refractivity contribution is 5.91. The van der Waals surface area contributed by atoms with Crippen molar-refractivity contribution in [1.82, 2.24) is 0 Å². The maximum Gasteiger partial charge on any atom is 0.155 e. The fraction of sp³-hybridized carbons (Fsp3) is 0.842. The Morgan fingerprint density at radius 1 is 1.24 bits per heavy atom. The average molecular weight is 292 g/mol. The van der Waals surface area contributed by atoms with E-state index < -0.39 is 0 Å². The number of carbonyl (C=O) groups is 1. The summed E-state index contributed by atoms with van der Waals surface area (Å²) in [6, 6.07) is 0. The number of carbonyl (C=O) groups excluding carboxylic acids is 1. The average Bonchev–Trinajstić information content (AvgIpc) is 2.46. The number of fused-ring (bicyclic) bond motifs is 1. The molecule has 1 N–H and O–H groups in total. The summed E-state index contributed by atoms with van der Waals surface area (Å²) in [5, 5.41) is 9.08. The maximum absolute atomic E-state index is 11.8. The Morgan fingerprint density at radius 3 is 2.81 bits per heavy atom. The van der Waals surface area contributed by atoms with Crippen molar-refractivity contribution in [2.24, 2.45) is 17.3 Å². The zero-order chi connectivity index (χ0) is 15.3. The molecule has 0 aromatic rings. The maximum atomic E-state index is 11.8. The monoisotopic (exact) mass is 292 g/mol. The lowest BCUT2D eigenvalue weighted by Crippen LogP contribution is -2.27. The van der Waals surface area contributed by atoms with Gasteiger partial charge in [-0.25, -0.2) is 0 Å². The van der Waals surface area contributed by atoms with Crippen molar-refractivity contribution in [2.75, 3.05) is 6.61 Å². The van der Waals surface area contributed by atoms with Gasteiger partial charge in [-0.2, -0.15) is 0 Å². The van der Waals surface area contributed by atoms with Crippen molar-refractivity contribution < 1.29 is 9.90 Å². The van der Waals surface area contributed by atoms with E-state index >= 15 is 0 Å². The minimum Gasteiger partial charge on any atom is -0.396 e. The molecule has 0 saturated heterocycles. The third-order valence-corrected chi connectivity index (χ3v) is 5.98. The lowest BCUT2D eigenvalue weighted by atomic mass is 9.67. The second-order valence-corrected chi connectivity index (χ2v) is 7.58. The summed E-state index contributed by atoms with van der Waals surface area (Å²) in [6.07, 6.45) is 13.2. The molecule has 2 nitrogen and oxygen atoms in total. The molecule has 0 radical (unpaired) electrons. The van der Waals surface area contributed by atoms with Crippen molar-refractivity contribution in [3.8, 4) is 0 Å². The molecule has 0 amide bonds. The van der Waals surface area contributed by atoms with Crippen LogP contribution in [-0.2, 0) is 4.79 Å². The van der Waals surface area contributed by atoms with E-state index in [1.165, 1.54) is 37.7 Å². The smallest absolute Gasteiger partial charge is 0.155 e. The topological polar surface area (TPSA) is 37.3 Å². The van der Waals surface area contributed by atoms with E-state index in [0.717, 1.165) is 43.9 Å². The van der Waals surface area contributed by atoms with Crippen LogP contribution in [0.1, 0.15) is 78.1 Å². The van der Waals surface area contributed by atoms with Gasteiger partial charge in [0.15, 0.2) is 5.78 Å². The number of hydrogen-bond donors (Lipinski definition) is 1. The summed E-state index contributed by atoms with van der Waals surface area (Å²) in [5.41, 5.74) is 1.71. The predicted octanol–water partition coefficient (Wildman–Crippen LogP) is 4.66. The molecule has 2 rings (SSSR count). The van der Waals surface area contributed by atoms with E-state index in [0.29, 0.717) is 12.4 Å². The van der Waals surface area contributed by atoms with Crippen LogP contribution < -0.4 is 0 Å². The van der Waals surface area contributed by atoms with Crippen LogP contribution in [0.15, 0.2) is 11.6 Å². The molecule has 0 aliphatic heterocycles. The standard InChI is InChI=1S/C19H32O2/c1-15-6-4-11-19(2)12-10-18(21)14-17(19)9-3-7-16(15)8-5-13-20/h14-16,20H,3-13H2,1-2H3/t15-,16-,19+/m1/s1. The molecule has 2 heteroatoms. The molecule has 2 aliphatic rings. The number of rotatable bonds is 3. The van der Waals surface area contributed by atoms with Crippen molar-refractivity contribution in [3.05, 3.63) is 11.6 Å². The Morgan fingerprint density at radius 2 is 2.05 bits per heavy atom. The van der Waals surface area contributed by atoms with Gasteiger partial charge in [0, 0.05) is 13.0 Å². The lowest BCUT2D eigenvalue weighted by molar-refractivity contribution is -0.115. The van der Waals surface area contributed by atoms with E-state index in [1.807, 2.05) is 6.08 Å². The van der Waals surface area contributed by atoms with Crippen LogP contribution in [0.2, 0.25) is 0 Å². The third kappa shape index (κ3) is 4.42. The fourth-order valence-electron chi connectivity index (χ4n) is 4.33. The minimum atomic E-state index is 0.283. The Balaban J connectivity index is 2.04. The number of ketones is 1. The van der Waals surface area contributed by atoms with Gasteiger partial charge in [-0.05, 0) is 68.3 Å². The van der Waals surface area contributed by atoms with Crippen LogP contribution in [0.3, 0.4) is 0 Å². The minimum absolute atomic E-state index is 0.283. The predicted molar refractivity (Wildman–Crippen MR) is 87.1 cm³/mol. The van der Waals surface area contributed by atoms with E-state index in [4.69, 9.17) is 5.11 Å². The molecule has 3 atom stereocenters. The van der Waals surface area contributed by atoms with Gasteiger partial charge in [0.25, 0.3) is 0 Å². The van der Waals surface area contributed by atoms with Crippen molar-refractivity contribution >= 4 is 5.78 Å². The quantitative estimate of drug-likeness (QED) is 0.821. The molecule has 120 valence electrons. The van der Waals surface area contributed by atoms with E-state index in [9.17, 15) is 4.79 Å². The highest BCUT2D eigenvalue weighted by Gasteiger charge is 2.33. The van der Waals surface area contributed by atoms with Crippen LogP contribution in [0, 0.1) is 17.3 Å². The SMILES string of the molecule is C[C@@H]1CCC[C@@]2(C)CCC(=O)C=C2CCC[C@@H]1CCCO. The Hall–Kier alpha value is -0.630. The van der Waals surface area contributed by atoms with Crippen molar-refractivity contribution in [2.45, 2.75) is 78.1 Å². The summed E-state index contributed by atoms with van der Waals surface area (Å²) in [5.74, 6) is 1.86. The van der Waals surface area contributed by atoms with Gasteiger partial charge in [-0.15, -0.1) is 0 Å². The first kappa shape index (κ1) is 16.7. The summed E-state index contributed by atoms with van der Waals surface area (Å²) >= 11 is 0. The second kappa shape index (κ2) is 7.58. The summed E-state index contributed by atoms with van der Waals surface area (Å²) in [7, 11) is 0. The molecule has 0 bridgehead atoms. The summed E-state index contributed by atoms with van der Waals surface area (Å²) in [6.45, 7) is 5.09. The van der Waals surface area contributed by atoms with Gasteiger partial charge >= 0.3 is 0 Å². The molecular weight excluding hydrogens is 260 g/mol. The van der Waals surface area contributed by atoms with Gasteiger partial charge in [0.2, 0.25) is 0 Å². The molecule has 0 heterocycles. The van der Waals surface area contributed by atoms with Crippen LogP contribution in [0.5, 0.6) is 0 Å². The van der Waals surface area contributed by atoms with Crippen LogP contribution in [-0.4, -0.2) is 17.5 Å². The summed E-state index contributed by atoms with van der Waals surface area (Å²) < 4.78 is 0. The molecule has 0 spiro atoms. The zero-order valence-electron chi connectivity index (χ0n) is 13.9. The van der Waals surface area contributed by atoms with Gasteiger partial charge in [-0.1, -0.05) is 32.3 Å². The van der Waals surface area contributed by atoms with E-state index in [-0.39, 0.29) is 5.41 Å². The zero-order valence-corrected chi connectivity index (χ0v) is 13.9. The summed E-state index contributed by atoms with van der Waals surface area (Å²) in [4.78, 5) is 11.8. The Labute approximate surface area is 130 Å². The molecule has 1 saturated carbocycles. The van der Waals surface area contributed by atoms with E-state index in [2.05, 4.69) is 13.8 Å². The van der Waals surface area contributed by atoms with Crippen molar-refractivity contribution in [3.63, 3.8) is 0 Å². The van der Waals surface area contributed by atoms with E-state index in [1.54, 1.807) is 0 Å². The highest BCUT2D eigenvalue weighted by Crippen LogP contribution is 2.44. The van der Waals surface area contributed by atoms with Gasteiger partial charge in [-0.3, -0.25) is 4.79 Å². The Bertz CT molecular complexity index is 385. The van der Waals surface area contributed by atoms with Crippen molar-refractivity contribution in [1.29, 1.82) is 0 Å². The third-order valence-electron chi connectivity index (χ3n) is 5.98. The first-order chi connectivity index (χ1) is 10.0. The number of allylic oxidation sites excluding steroid dienone is 2. The van der Waals surface area contributed by atoms with Crippen LogP contribution in [0.25, 0.3) is 0 Å². The largest absolute Gasteiger partial charge is 0.396 e. The normalized spacial score (nSPS) is 35.0. The number of aliphatic hydroxyl groups excluding tert-OH is 1. The van der Waals surface area contributed by atoms with Crippen LogP contribution in [0.4, 0.5) is 0 Å². The molecule has 2 aliphatic carbocycles. The lowest BCUT2D eigenvalue weighted by Gasteiger charge is -2.37. The Kier molecular flexibility index (Phi) is 6.04. The highest BCUT2D eigenvalue weighted by atomic mass is 16.2. The fourth-order valence-corrected chi connectivity index (χ4v) is 4.33. The van der Waals surface area contributed by atoms with Gasteiger partial charge in [0.05, 0.1) is 0 Å². The number of hydrogen-bond acceptors (Lipinski definition) is 2. The molecule has 0 aromatic carbocycles. The molecule has 21 heavy (non-hydrogen) atoms. The van der Waals surface area contributed by atoms with Crippen LogP contribution >= 0.6 is 0 Å². The first-order valence-corrected chi connectivity index (χ1v) is 8.90. The molecule has 1 fully saturated rings. The molecular formula is C19H32O2.